The number of aliphatic carboxylic acids is 5. The van der Waals surface area contributed by atoms with E-state index in [1.54, 1.807) is 12.4 Å². The molecule has 3 amide bonds. The normalized spacial score (nSPS) is 12.8. The number of hydrogen-bond donors (Lipinski definition) is 9. The number of nitrogens with one attached hydrogen (secondary N) is 3. The van der Waals surface area contributed by atoms with Crippen LogP contribution in [0.5, 0.6) is 0 Å². The first-order valence-corrected chi connectivity index (χ1v) is 16.5. The molecule has 0 saturated carbocycles. The first-order valence-electron chi connectivity index (χ1n) is 16.5. The Morgan fingerprint density at radius 2 is 1.23 bits per heavy atom. The zero-order valence-corrected chi connectivity index (χ0v) is 31.1. The van der Waals surface area contributed by atoms with Crippen molar-refractivity contribution in [1.29, 1.82) is 0 Å². The number of carboxylic acid groups (broad SMARTS) is 5. The van der Waals surface area contributed by atoms with Gasteiger partial charge in [-0.05, 0) is 44.9 Å². The summed E-state index contributed by atoms with van der Waals surface area (Å²) in [6.07, 6.45) is 7.40. The van der Waals surface area contributed by atoms with Crippen molar-refractivity contribution < 1.29 is 83.7 Å². The molecule has 0 aliphatic carbocycles. The van der Waals surface area contributed by atoms with Gasteiger partial charge in [-0.15, -0.1) is 0 Å². The van der Waals surface area contributed by atoms with E-state index < -0.39 is 66.3 Å². The third-order valence-electron chi connectivity index (χ3n) is 8.13. The number of unbranched alkanes of at least 4 members (excludes halogenated alkanes) is 2. The van der Waals surface area contributed by atoms with Gasteiger partial charge in [-0.3, -0.25) is 19.2 Å². The van der Waals surface area contributed by atoms with Crippen molar-refractivity contribution in [3.05, 3.63) is 36.4 Å². The van der Waals surface area contributed by atoms with Crippen molar-refractivity contribution in [3.8, 4) is 0 Å². The molecule has 0 spiro atoms. The van der Waals surface area contributed by atoms with Gasteiger partial charge in [-0.1, -0.05) is 0 Å². The van der Waals surface area contributed by atoms with Gasteiger partial charge in [0.25, 0.3) is 0 Å². The monoisotopic (exact) mass is 835 g/mol. The Balaban J connectivity index is 0.0000140. The quantitative estimate of drug-likeness (QED) is 0.0416. The van der Waals surface area contributed by atoms with Crippen LogP contribution in [-0.4, -0.2) is 129 Å². The molecule has 22 heteroatoms. The van der Waals surface area contributed by atoms with E-state index in [2.05, 4.69) is 25.9 Å². The Bertz CT molecular complexity index is 1490. The van der Waals surface area contributed by atoms with Crippen LogP contribution in [0.1, 0.15) is 63.0 Å². The Labute approximate surface area is 317 Å². The molecule has 3 atom stereocenters. The molecule has 10 N–H and O–H groups in total. The van der Waals surface area contributed by atoms with E-state index in [4.69, 9.17) is 15.9 Å². The predicted octanol–water partition coefficient (Wildman–Crippen LogP) is -0.752. The Hall–Kier alpha value is -4.92. The fourth-order valence-electron chi connectivity index (χ4n) is 5.41. The number of carboxylic acids is 5. The van der Waals surface area contributed by atoms with E-state index in [-0.39, 0.29) is 59.0 Å². The van der Waals surface area contributed by atoms with Crippen molar-refractivity contribution in [1.82, 2.24) is 35.1 Å². The van der Waals surface area contributed by atoms with Gasteiger partial charge in [0.2, 0.25) is 5.91 Å². The number of amides is 3. The molecule has 0 saturated heterocycles. The number of nitrogens with two attached hydrogens (primary N) is 1. The van der Waals surface area contributed by atoms with E-state index in [0.717, 1.165) is 0 Å². The summed E-state index contributed by atoms with van der Waals surface area (Å²) in [4.78, 5) is 89.7. The summed E-state index contributed by atoms with van der Waals surface area (Å²) in [7, 11) is 1.93. The number of nitrogens with zero attached hydrogens (tertiary/aromatic N) is 5. The van der Waals surface area contributed by atoms with E-state index in [9.17, 15) is 48.9 Å². The molecule has 0 fully saturated rings. The second-order valence-electron chi connectivity index (χ2n) is 12.6. The van der Waals surface area contributed by atoms with Gasteiger partial charge in [-0.25, -0.2) is 24.4 Å². The summed E-state index contributed by atoms with van der Waals surface area (Å²) in [5.41, 5.74) is 6.11. The minimum atomic E-state index is -1.52. The first kappa shape index (κ1) is 46.1. The molecule has 1 radical (unpaired) electrons. The minimum Gasteiger partial charge on any atom is -0.481 e. The fourth-order valence-corrected chi connectivity index (χ4v) is 5.41. The Morgan fingerprint density at radius 3 is 1.70 bits per heavy atom. The molecule has 295 valence electrons. The minimum absolute atomic E-state index is 0. The van der Waals surface area contributed by atoms with Gasteiger partial charge in [0, 0.05) is 57.9 Å². The van der Waals surface area contributed by atoms with E-state index in [1.165, 1.54) is 21.5 Å². The number of hydrogen-bond acceptors (Lipinski definition) is 10. The first-order chi connectivity index (χ1) is 24.5. The molecule has 2 heterocycles. The Morgan fingerprint density at radius 1 is 0.736 bits per heavy atom. The average molecular weight is 837 g/mol. The maximum atomic E-state index is 12.6. The van der Waals surface area contributed by atoms with Crippen molar-refractivity contribution in [2.75, 3.05) is 20.1 Å². The molecule has 0 bridgehead atoms. The van der Waals surface area contributed by atoms with Crippen LogP contribution in [0, 0.1) is 0 Å². The second-order valence-corrected chi connectivity index (χ2v) is 12.6. The van der Waals surface area contributed by atoms with Crippen LogP contribution < -0.4 is 21.7 Å². The molecular weight excluding hydrogens is 788 g/mol. The SMILES string of the molecule is C[N+](CCCC[C@H](N)C(=O)NCCCCC(NC(=O)NC(CCC(=O)O)C(=O)O)C(=O)O)(Cc1nccn1CC(=O)O)Cc1nccn1CC(=O)O.[Tc]. The molecule has 0 aliphatic rings. The molecule has 0 aliphatic heterocycles. The molecule has 21 nitrogen and oxygen atoms in total. The number of rotatable bonds is 26. The van der Waals surface area contributed by atoms with Gasteiger partial charge in [-0.2, -0.15) is 0 Å². The van der Waals surface area contributed by atoms with Crippen molar-refractivity contribution in [2.45, 2.75) is 95.7 Å². The zero-order valence-electron chi connectivity index (χ0n) is 29.2. The van der Waals surface area contributed by atoms with Crippen molar-refractivity contribution >= 4 is 41.8 Å². The van der Waals surface area contributed by atoms with Crippen LogP contribution in [0.25, 0.3) is 0 Å². The summed E-state index contributed by atoms with van der Waals surface area (Å²) in [6.45, 7) is 0.838. The number of quaternary nitrogens is 1. The molecule has 53 heavy (non-hydrogen) atoms. The number of carbonyl (C=O) groups is 7. The average Bonchev–Trinajstić information content (AvgIpc) is 3.67. The smallest absolute Gasteiger partial charge is 0.326 e. The third-order valence-corrected chi connectivity index (χ3v) is 8.13. The zero-order chi connectivity index (χ0) is 38.8. The largest absolute Gasteiger partial charge is 0.481 e. The van der Waals surface area contributed by atoms with Gasteiger partial charge >= 0.3 is 35.9 Å². The maximum Gasteiger partial charge on any atom is 0.326 e. The van der Waals surface area contributed by atoms with Gasteiger partial charge < -0.3 is 60.8 Å². The molecule has 2 unspecified atom stereocenters. The number of imidazole rings is 2. The molecule has 0 aromatic carbocycles. The number of aromatic nitrogens is 4. The van der Waals surface area contributed by atoms with Crippen LogP contribution in [0.2, 0.25) is 0 Å². The second kappa shape index (κ2) is 22.9. The summed E-state index contributed by atoms with van der Waals surface area (Å²) in [5.74, 6) is -5.46. The van der Waals surface area contributed by atoms with Gasteiger partial charge in [0.1, 0.15) is 38.3 Å². The maximum absolute atomic E-state index is 12.6. The van der Waals surface area contributed by atoms with Crippen molar-refractivity contribution in [2.24, 2.45) is 5.73 Å². The summed E-state index contributed by atoms with van der Waals surface area (Å²) in [6, 6.07) is -4.78. The predicted molar refractivity (Wildman–Crippen MR) is 178 cm³/mol. The number of carbonyl (C=O) groups excluding carboxylic acids is 2. The van der Waals surface area contributed by atoms with E-state index in [1.807, 2.05) is 7.05 Å². The molecule has 2 rings (SSSR count). The summed E-state index contributed by atoms with van der Waals surface area (Å²) in [5, 5.41) is 52.9. The molecule has 2 aromatic heterocycles. The van der Waals surface area contributed by atoms with E-state index in [0.29, 0.717) is 61.4 Å². The van der Waals surface area contributed by atoms with Crippen LogP contribution >= 0.6 is 0 Å². The third kappa shape index (κ3) is 17.4. The van der Waals surface area contributed by atoms with Crippen LogP contribution in [0.15, 0.2) is 24.8 Å². The van der Waals surface area contributed by atoms with Crippen LogP contribution in [0.4, 0.5) is 4.79 Å². The van der Waals surface area contributed by atoms with Crippen molar-refractivity contribution in [3.63, 3.8) is 0 Å². The van der Waals surface area contributed by atoms with Crippen LogP contribution in [-0.2, 0) is 75.1 Å². The summed E-state index contributed by atoms with van der Waals surface area (Å²) >= 11 is 0. The van der Waals surface area contributed by atoms with Gasteiger partial charge in [0.15, 0.2) is 11.6 Å². The molecule has 2 aromatic rings. The summed E-state index contributed by atoms with van der Waals surface area (Å²) < 4.78 is 3.37. The Kier molecular flexibility index (Phi) is 19.9. The standard InChI is InChI=1S/C31H47N9O12.Tc/c1-40(18-23-33-11-13-38(23)16-26(43)44,19-24-34-12-14-39(24)17-27(45)46)15-5-3-6-20(32)28(47)35-10-4-2-7-21(29(48)49)36-31(52)37-22(30(50)51)8-9-25(41)42;/h11-14,20-22H,2-10,15-19,32H2,1H3,(H7-,35,36,37,41,42,43,44,45,46,47,48,49,50,51,52);/p+1/t20-,21?,22?;/m0./s1. The topological polar surface area (TPSA) is 318 Å². The molecular formula is C31H48N9O12Tc+. The fraction of sp³-hybridized carbons (Fsp3) is 0.581. The number of urea groups is 1. The van der Waals surface area contributed by atoms with Gasteiger partial charge in [0.05, 0.1) is 19.6 Å². The van der Waals surface area contributed by atoms with E-state index >= 15 is 0 Å². The van der Waals surface area contributed by atoms with Crippen LogP contribution in [0.3, 0.4) is 0 Å².